The lowest BCUT2D eigenvalue weighted by molar-refractivity contribution is -0.108. The van der Waals surface area contributed by atoms with Gasteiger partial charge in [-0.2, -0.15) is 0 Å². The number of nitrogens with zero attached hydrogens (tertiary/aromatic N) is 3. The number of unbranched alkanes of at least 4 members (excludes halogenated alkanes) is 3. The minimum atomic E-state index is -0.463. The molecule has 0 aliphatic heterocycles. The SMILES string of the molecule is CNO.CNO.O=C/C=C/c1ccc(CN(CCc2ccccn2)C(=O)NC(=O)c2ccccc2)cc1.O=CCCCCCN(Cc1ccccc1)C(=O)NC(=O)c1ccccc1. The van der Waals surface area contributed by atoms with E-state index in [4.69, 9.17) is 10.4 Å². The highest BCUT2D eigenvalue weighted by atomic mass is 16.5. The number of aldehydes is 2. The van der Waals surface area contributed by atoms with E-state index in [0.29, 0.717) is 50.1 Å². The summed E-state index contributed by atoms with van der Waals surface area (Å²) in [4.78, 5) is 78.5. The van der Waals surface area contributed by atoms with Crippen molar-refractivity contribution in [2.45, 2.75) is 45.2 Å². The van der Waals surface area contributed by atoms with E-state index >= 15 is 0 Å². The molecule has 6 amide bonds. The predicted molar refractivity (Wildman–Crippen MR) is 242 cm³/mol. The van der Waals surface area contributed by atoms with E-state index in [0.717, 1.165) is 54.2 Å². The van der Waals surface area contributed by atoms with Gasteiger partial charge in [0.15, 0.2) is 0 Å². The highest BCUT2D eigenvalue weighted by Crippen LogP contribution is 2.12. The molecule has 15 heteroatoms. The van der Waals surface area contributed by atoms with Gasteiger partial charge in [0.05, 0.1) is 0 Å². The van der Waals surface area contributed by atoms with Crippen LogP contribution >= 0.6 is 0 Å². The number of urea groups is 2. The summed E-state index contributed by atoms with van der Waals surface area (Å²) in [6.07, 6.45) is 10.0. The number of rotatable bonds is 17. The Morgan fingerprint density at radius 1 is 0.587 bits per heavy atom. The lowest BCUT2D eigenvalue weighted by atomic mass is 10.1. The summed E-state index contributed by atoms with van der Waals surface area (Å²) in [6.45, 7) is 1.69. The summed E-state index contributed by atoms with van der Waals surface area (Å²) in [6, 6.07) is 39.3. The van der Waals surface area contributed by atoms with Crippen LogP contribution in [0.2, 0.25) is 0 Å². The quantitative estimate of drug-likeness (QED) is 0.0246. The molecule has 4 aromatic carbocycles. The molecule has 0 aliphatic rings. The molecule has 1 aromatic heterocycles. The molecule has 0 atom stereocenters. The largest absolute Gasteiger partial charge is 0.324 e. The van der Waals surface area contributed by atoms with Gasteiger partial charge in [-0.15, -0.1) is 0 Å². The number of carbonyl (C=O) groups is 6. The number of hydroxylamine groups is 2. The molecule has 0 unspecified atom stereocenters. The first-order valence-corrected chi connectivity index (χ1v) is 20.2. The lowest BCUT2D eigenvalue weighted by Crippen LogP contribution is -2.43. The van der Waals surface area contributed by atoms with E-state index in [2.05, 4.69) is 15.6 Å². The Kier molecular flexibility index (Phi) is 26.9. The summed E-state index contributed by atoms with van der Waals surface area (Å²) in [7, 11) is 2.86. The van der Waals surface area contributed by atoms with Gasteiger partial charge in [-0.05, 0) is 72.0 Å². The fourth-order valence-electron chi connectivity index (χ4n) is 5.59. The van der Waals surface area contributed by atoms with Gasteiger partial charge in [0, 0.05) is 76.1 Å². The molecule has 0 radical (unpaired) electrons. The van der Waals surface area contributed by atoms with Gasteiger partial charge < -0.3 is 25.0 Å². The van der Waals surface area contributed by atoms with Crippen molar-refractivity contribution in [3.05, 3.63) is 179 Å². The molecule has 0 aliphatic carbocycles. The van der Waals surface area contributed by atoms with Crippen molar-refractivity contribution in [1.29, 1.82) is 0 Å². The molecule has 0 spiro atoms. The molecule has 1 heterocycles. The number of carbonyl (C=O) groups excluding carboxylic acids is 6. The zero-order valence-corrected chi connectivity index (χ0v) is 35.6. The van der Waals surface area contributed by atoms with Gasteiger partial charge in [-0.25, -0.2) is 20.5 Å². The third-order valence-electron chi connectivity index (χ3n) is 8.64. The number of aromatic nitrogens is 1. The predicted octanol–water partition coefficient (Wildman–Crippen LogP) is 6.88. The Balaban J connectivity index is 0.000000390. The maximum absolute atomic E-state index is 12.9. The number of allylic oxidation sites excluding steroid dienone is 1. The third-order valence-corrected chi connectivity index (χ3v) is 8.64. The van der Waals surface area contributed by atoms with Crippen molar-refractivity contribution in [1.82, 2.24) is 36.4 Å². The van der Waals surface area contributed by atoms with Gasteiger partial charge in [-0.1, -0.05) is 110 Å². The minimum Gasteiger partial charge on any atom is -0.320 e. The number of amides is 6. The third kappa shape index (κ3) is 22.3. The molecule has 332 valence electrons. The number of hydrogen-bond donors (Lipinski definition) is 6. The van der Waals surface area contributed by atoms with Gasteiger partial charge in [0.2, 0.25) is 0 Å². The first-order chi connectivity index (χ1) is 30.7. The van der Waals surface area contributed by atoms with E-state index in [1.165, 1.54) is 20.2 Å². The van der Waals surface area contributed by atoms with E-state index in [-0.39, 0.29) is 0 Å². The van der Waals surface area contributed by atoms with Crippen LogP contribution in [0.15, 0.2) is 146 Å². The second-order valence-electron chi connectivity index (χ2n) is 13.4. The molecule has 5 rings (SSSR count). The zero-order chi connectivity index (χ0) is 45.9. The average Bonchev–Trinajstić information content (AvgIpc) is 3.31. The molecule has 0 fully saturated rings. The van der Waals surface area contributed by atoms with Gasteiger partial charge in [0.1, 0.15) is 12.6 Å². The molecule has 15 nitrogen and oxygen atoms in total. The Morgan fingerprint density at radius 3 is 1.54 bits per heavy atom. The standard InChI is InChI=1S/C25H23N3O3.C21H24N2O3.2CH5NO/c29-18-6-7-20-11-13-21(14-12-20)19-28(17-15-23-10-4-5-16-26-23)25(31)27-24(30)22-8-2-1-3-9-22;24-16-10-2-1-9-15-23(17-18-11-5-3-6-12-18)21(26)22-20(25)19-13-7-4-8-14-19;2*1-2-3/h1-14,16,18H,15,17,19H2,(H,27,30,31);3-8,11-14,16H,1-2,9-10,15,17H2,(H,22,25,26);2*2-3H,1H3/b7-6+;;;. The molecule has 0 saturated carbocycles. The van der Waals surface area contributed by atoms with E-state index in [1.807, 2.05) is 84.9 Å². The van der Waals surface area contributed by atoms with Crippen molar-refractivity contribution in [3.63, 3.8) is 0 Å². The van der Waals surface area contributed by atoms with Crippen LogP contribution < -0.4 is 21.6 Å². The molecular weight excluding hydrogens is 803 g/mol. The molecule has 5 aromatic rings. The average molecular weight is 860 g/mol. The number of nitrogens with one attached hydrogen (secondary N) is 4. The highest BCUT2D eigenvalue weighted by molar-refractivity contribution is 6.04. The van der Waals surface area contributed by atoms with Gasteiger partial charge >= 0.3 is 12.1 Å². The summed E-state index contributed by atoms with van der Waals surface area (Å²) in [5.74, 6) is -0.850. The van der Waals surface area contributed by atoms with Crippen LogP contribution in [0.3, 0.4) is 0 Å². The second-order valence-corrected chi connectivity index (χ2v) is 13.4. The van der Waals surface area contributed by atoms with Crippen LogP contribution in [0.5, 0.6) is 0 Å². The van der Waals surface area contributed by atoms with Crippen molar-refractivity contribution >= 4 is 42.5 Å². The van der Waals surface area contributed by atoms with E-state index in [1.54, 1.807) is 81.6 Å². The zero-order valence-electron chi connectivity index (χ0n) is 35.6. The summed E-state index contributed by atoms with van der Waals surface area (Å²) < 4.78 is 0. The minimum absolute atomic E-state index is 0.332. The van der Waals surface area contributed by atoms with Crippen molar-refractivity contribution in [2.24, 2.45) is 0 Å². The van der Waals surface area contributed by atoms with Crippen LogP contribution in [-0.2, 0) is 29.1 Å². The first kappa shape index (κ1) is 52.0. The van der Waals surface area contributed by atoms with Crippen LogP contribution in [0.4, 0.5) is 9.59 Å². The van der Waals surface area contributed by atoms with Crippen LogP contribution in [-0.4, -0.2) is 88.8 Å². The normalized spacial score (nSPS) is 9.97. The first-order valence-electron chi connectivity index (χ1n) is 20.2. The number of imide groups is 2. The maximum Gasteiger partial charge on any atom is 0.324 e. The lowest BCUT2D eigenvalue weighted by Gasteiger charge is -2.23. The second kappa shape index (κ2) is 32.6. The molecule has 0 bridgehead atoms. The van der Waals surface area contributed by atoms with E-state index < -0.39 is 23.9 Å². The highest BCUT2D eigenvalue weighted by Gasteiger charge is 2.19. The van der Waals surface area contributed by atoms with Crippen molar-refractivity contribution < 1.29 is 39.2 Å². The molecule has 63 heavy (non-hydrogen) atoms. The topological polar surface area (TPSA) is 210 Å². The smallest absolute Gasteiger partial charge is 0.320 e. The molecule has 6 N–H and O–H groups in total. The van der Waals surface area contributed by atoms with Crippen LogP contribution in [0.1, 0.15) is 68.8 Å². The fraction of sp³-hybridized carbons (Fsp3) is 0.229. The Bertz CT molecular complexity index is 2070. The summed E-state index contributed by atoms with van der Waals surface area (Å²) in [5, 5.41) is 19.6. The Labute approximate surface area is 368 Å². The monoisotopic (exact) mass is 859 g/mol. The fourth-order valence-corrected chi connectivity index (χ4v) is 5.59. The number of hydrogen-bond acceptors (Lipinski definition) is 11. The van der Waals surface area contributed by atoms with Crippen LogP contribution in [0, 0.1) is 0 Å². The van der Waals surface area contributed by atoms with Crippen molar-refractivity contribution in [3.8, 4) is 0 Å². The Hall–Kier alpha value is -7.17. The van der Waals surface area contributed by atoms with Crippen molar-refractivity contribution in [2.75, 3.05) is 27.2 Å². The Morgan fingerprint density at radius 2 is 1.06 bits per heavy atom. The summed E-state index contributed by atoms with van der Waals surface area (Å²) >= 11 is 0. The number of benzene rings is 4. The molecular formula is C48H57N7O8. The molecule has 0 saturated heterocycles. The van der Waals surface area contributed by atoms with Gasteiger partial charge in [-0.3, -0.25) is 30.0 Å². The number of pyridine rings is 1. The summed E-state index contributed by atoms with van der Waals surface area (Å²) in [5.41, 5.74) is 8.04. The van der Waals surface area contributed by atoms with E-state index in [9.17, 15) is 28.8 Å². The van der Waals surface area contributed by atoms with Crippen LogP contribution in [0.25, 0.3) is 6.08 Å². The maximum atomic E-state index is 12.9. The van der Waals surface area contributed by atoms with Gasteiger partial charge in [0.25, 0.3) is 11.8 Å².